The minimum Gasteiger partial charge on any atom is -0.478 e. The molecule has 126 valence electrons. The molecule has 0 saturated carbocycles. The van der Waals surface area contributed by atoms with E-state index in [-0.39, 0.29) is 5.56 Å². The molecule has 0 spiro atoms. The van der Waals surface area contributed by atoms with Crippen molar-refractivity contribution in [3.05, 3.63) is 70.6 Å². The van der Waals surface area contributed by atoms with Gasteiger partial charge in [-0.1, -0.05) is 17.7 Å². The average Bonchev–Trinajstić information content (AvgIpc) is 2.99. The van der Waals surface area contributed by atoms with Gasteiger partial charge in [0.1, 0.15) is 11.7 Å². The van der Waals surface area contributed by atoms with Gasteiger partial charge in [-0.2, -0.15) is 5.26 Å². The van der Waals surface area contributed by atoms with Crippen LogP contribution in [0.3, 0.4) is 0 Å². The van der Waals surface area contributed by atoms with E-state index in [2.05, 4.69) is 9.97 Å². The Labute approximate surface area is 152 Å². The van der Waals surface area contributed by atoms with Crippen LogP contribution in [0.1, 0.15) is 21.5 Å². The molecule has 0 amide bonds. The minimum atomic E-state index is -1.06. The highest BCUT2D eigenvalue weighted by Crippen LogP contribution is 2.24. The topological polar surface area (TPSA) is 91.8 Å². The monoisotopic (exact) mass is 362 g/mol. The number of carboxylic acid groups (broad SMARTS) is 1. The summed E-state index contributed by atoms with van der Waals surface area (Å²) in [7, 11) is 0. The van der Waals surface area contributed by atoms with Crippen LogP contribution in [-0.4, -0.2) is 25.6 Å². The van der Waals surface area contributed by atoms with Crippen molar-refractivity contribution < 1.29 is 9.90 Å². The van der Waals surface area contributed by atoms with Crippen LogP contribution in [0, 0.1) is 11.3 Å². The molecule has 0 atom stereocenters. The van der Waals surface area contributed by atoms with Crippen LogP contribution >= 0.6 is 11.6 Å². The van der Waals surface area contributed by atoms with Crippen molar-refractivity contribution in [3.8, 4) is 6.07 Å². The van der Waals surface area contributed by atoms with E-state index >= 15 is 0 Å². The fraction of sp³-hybridized carbons (Fsp3) is 0.0526. The lowest BCUT2D eigenvalue weighted by molar-refractivity contribution is 0.0699. The lowest BCUT2D eigenvalue weighted by Crippen LogP contribution is -2.00. The van der Waals surface area contributed by atoms with Gasteiger partial charge in [-0.25, -0.2) is 9.78 Å². The number of aromatic carboxylic acids is 1. The summed E-state index contributed by atoms with van der Waals surface area (Å²) in [5.41, 5.74) is 2.75. The largest absolute Gasteiger partial charge is 0.478 e. The zero-order chi connectivity index (χ0) is 18.3. The maximum Gasteiger partial charge on any atom is 0.337 e. The Morgan fingerprint density at radius 1 is 1.23 bits per heavy atom. The van der Waals surface area contributed by atoms with Crippen molar-refractivity contribution in [2.75, 3.05) is 0 Å². The molecule has 0 saturated heterocycles. The highest BCUT2D eigenvalue weighted by molar-refractivity contribution is 6.31. The third-order valence-corrected chi connectivity index (χ3v) is 4.35. The van der Waals surface area contributed by atoms with Gasteiger partial charge in [-0.15, -0.1) is 0 Å². The Morgan fingerprint density at radius 2 is 2.08 bits per heavy atom. The lowest BCUT2D eigenvalue weighted by Gasteiger charge is -2.06. The van der Waals surface area contributed by atoms with Crippen LogP contribution in [0.25, 0.3) is 21.9 Å². The minimum absolute atomic E-state index is 0.120. The summed E-state index contributed by atoms with van der Waals surface area (Å²) in [4.78, 5) is 20.1. The molecule has 0 aliphatic heterocycles. The number of carbonyl (C=O) groups is 1. The molecule has 4 aromatic rings. The Morgan fingerprint density at radius 3 is 2.85 bits per heavy atom. The number of carboxylic acids is 1. The Hall–Kier alpha value is -3.43. The SMILES string of the molecule is N#Cc1cnc2c(c1)c(C(=O)O)cn2Cc1ccc2ncc(Cl)cc2c1. The van der Waals surface area contributed by atoms with Crippen molar-refractivity contribution >= 4 is 39.5 Å². The first-order valence-corrected chi connectivity index (χ1v) is 8.09. The molecule has 26 heavy (non-hydrogen) atoms. The van der Waals surface area contributed by atoms with Crippen molar-refractivity contribution in [2.45, 2.75) is 6.54 Å². The predicted molar refractivity (Wildman–Crippen MR) is 97.3 cm³/mol. The smallest absolute Gasteiger partial charge is 0.337 e. The van der Waals surface area contributed by atoms with Crippen LogP contribution in [0.15, 0.2) is 48.9 Å². The second-order valence-corrected chi connectivity index (χ2v) is 6.30. The number of hydrogen-bond acceptors (Lipinski definition) is 4. The second kappa shape index (κ2) is 6.14. The number of nitriles is 1. The fourth-order valence-electron chi connectivity index (χ4n) is 2.97. The normalized spacial score (nSPS) is 10.9. The van der Waals surface area contributed by atoms with E-state index in [4.69, 9.17) is 16.9 Å². The summed E-state index contributed by atoms with van der Waals surface area (Å²) in [6.45, 7) is 0.436. The van der Waals surface area contributed by atoms with Gasteiger partial charge < -0.3 is 9.67 Å². The van der Waals surface area contributed by atoms with Crippen LogP contribution in [-0.2, 0) is 6.54 Å². The number of fused-ring (bicyclic) bond motifs is 2. The van der Waals surface area contributed by atoms with Crippen molar-refractivity contribution in [1.29, 1.82) is 5.26 Å². The third kappa shape index (κ3) is 2.75. The molecule has 7 heteroatoms. The summed E-state index contributed by atoms with van der Waals surface area (Å²) in [6.07, 6.45) is 4.58. The molecule has 6 nitrogen and oxygen atoms in total. The molecule has 1 N–H and O–H groups in total. The molecule has 3 aromatic heterocycles. The van der Waals surface area contributed by atoms with Gasteiger partial charge in [0.15, 0.2) is 0 Å². The third-order valence-electron chi connectivity index (χ3n) is 4.14. The molecule has 1 aromatic carbocycles. The van der Waals surface area contributed by atoms with E-state index in [1.165, 1.54) is 6.20 Å². The first-order chi connectivity index (χ1) is 12.5. The second-order valence-electron chi connectivity index (χ2n) is 5.86. The molecule has 0 aliphatic rings. The van der Waals surface area contributed by atoms with E-state index in [0.29, 0.717) is 28.2 Å². The molecule has 4 rings (SSSR count). The predicted octanol–water partition coefficient (Wildman–Crippen LogP) is 3.86. The Kier molecular flexibility index (Phi) is 3.79. The van der Waals surface area contributed by atoms with Crippen LogP contribution < -0.4 is 0 Å². The number of rotatable bonds is 3. The summed E-state index contributed by atoms with van der Waals surface area (Å²) >= 11 is 6.01. The van der Waals surface area contributed by atoms with Crippen LogP contribution in [0.2, 0.25) is 5.02 Å². The molecule has 0 bridgehead atoms. The number of halogens is 1. The standard InChI is InChI=1S/C19H11ClN4O2/c20-14-5-13-3-11(1-2-17(13)22-8-14)9-24-10-16(19(25)26)15-4-12(6-21)7-23-18(15)24/h1-5,7-8,10H,9H2,(H,25,26). The molecule has 0 aliphatic carbocycles. The van der Waals surface area contributed by atoms with Crippen LogP contribution in [0.4, 0.5) is 0 Å². The van der Waals surface area contributed by atoms with Gasteiger partial charge in [0, 0.05) is 35.9 Å². The number of pyridine rings is 2. The summed E-state index contributed by atoms with van der Waals surface area (Å²) < 4.78 is 1.76. The zero-order valence-corrected chi connectivity index (χ0v) is 14.1. The zero-order valence-electron chi connectivity index (χ0n) is 13.3. The molecule has 3 heterocycles. The van der Waals surface area contributed by atoms with Gasteiger partial charge in [0.05, 0.1) is 21.7 Å². The van der Waals surface area contributed by atoms with Gasteiger partial charge in [0.25, 0.3) is 0 Å². The first kappa shape index (κ1) is 16.1. The Bertz CT molecular complexity index is 1220. The fourth-order valence-corrected chi connectivity index (χ4v) is 3.14. The lowest BCUT2D eigenvalue weighted by atomic mass is 10.1. The molecule has 0 unspecified atom stereocenters. The first-order valence-electron chi connectivity index (χ1n) is 7.71. The maximum atomic E-state index is 11.5. The molecule has 0 radical (unpaired) electrons. The number of benzene rings is 1. The Balaban J connectivity index is 1.82. The number of nitrogens with zero attached hydrogens (tertiary/aromatic N) is 4. The van der Waals surface area contributed by atoms with Crippen molar-refractivity contribution in [1.82, 2.24) is 14.5 Å². The van der Waals surface area contributed by atoms with Gasteiger partial charge in [-0.05, 0) is 29.8 Å². The highest BCUT2D eigenvalue weighted by Gasteiger charge is 2.16. The maximum absolute atomic E-state index is 11.5. The van der Waals surface area contributed by atoms with E-state index in [1.54, 1.807) is 23.0 Å². The van der Waals surface area contributed by atoms with E-state index in [9.17, 15) is 9.90 Å². The summed E-state index contributed by atoms with van der Waals surface area (Å²) in [5, 5.41) is 20.4. The van der Waals surface area contributed by atoms with Crippen molar-refractivity contribution in [2.24, 2.45) is 0 Å². The van der Waals surface area contributed by atoms with Gasteiger partial charge >= 0.3 is 5.97 Å². The quantitative estimate of drug-likeness (QED) is 0.597. The summed E-state index contributed by atoms with van der Waals surface area (Å²) in [5.74, 6) is -1.06. The summed E-state index contributed by atoms with van der Waals surface area (Å²) in [6, 6.07) is 11.2. The average molecular weight is 363 g/mol. The molecular weight excluding hydrogens is 352 g/mol. The highest BCUT2D eigenvalue weighted by atomic mass is 35.5. The van der Waals surface area contributed by atoms with E-state index in [0.717, 1.165) is 16.5 Å². The van der Waals surface area contributed by atoms with Gasteiger partial charge in [-0.3, -0.25) is 4.98 Å². The van der Waals surface area contributed by atoms with Gasteiger partial charge in [0.2, 0.25) is 0 Å². The molecular formula is C19H11ClN4O2. The van der Waals surface area contributed by atoms with Crippen LogP contribution in [0.5, 0.6) is 0 Å². The van der Waals surface area contributed by atoms with E-state index < -0.39 is 5.97 Å². The number of aromatic nitrogens is 3. The molecule has 0 fully saturated rings. The van der Waals surface area contributed by atoms with Crippen molar-refractivity contribution in [3.63, 3.8) is 0 Å². The van der Waals surface area contributed by atoms with E-state index in [1.807, 2.05) is 30.3 Å². The number of hydrogen-bond donors (Lipinski definition) is 1.